The SMILES string of the molecule is Cc1cc(Nc2cc(N3CCN(C)CC3)nc(OC3CCN(C(=O)/C=C/CN(C)C)CC3)n2)n[nH]1. The van der Waals surface area contributed by atoms with Gasteiger partial charge in [-0.1, -0.05) is 6.08 Å². The second-order valence-electron chi connectivity index (χ2n) is 9.55. The fourth-order valence-electron chi connectivity index (χ4n) is 4.15. The molecular weight excluding hydrogens is 446 g/mol. The van der Waals surface area contributed by atoms with Crippen LogP contribution in [-0.4, -0.2) is 114 Å². The molecule has 2 aromatic rings. The van der Waals surface area contributed by atoms with Crippen LogP contribution in [-0.2, 0) is 4.79 Å². The van der Waals surface area contributed by atoms with Gasteiger partial charge in [-0.05, 0) is 28.1 Å². The molecule has 0 unspecified atom stereocenters. The summed E-state index contributed by atoms with van der Waals surface area (Å²) in [6.45, 7) is 7.79. The number of aromatic nitrogens is 4. The van der Waals surface area contributed by atoms with Gasteiger partial charge in [-0.15, -0.1) is 0 Å². The highest BCUT2D eigenvalue weighted by molar-refractivity contribution is 5.87. The first-order chi connectivity index (χ1) is 16.9. The van der Waals surface area contributed by atoms with E-state index in [-0.39, 0.29) is 12.0 Å². The summed E-state index contributed by atoms with van der Waals surface area (Å²) in [5, 5.41) is 10.5. The molecule has 2 saturated heterocycles. The number of piperazine rings is 1. The minimum absolute atomic E-state index is 0.0342. The number of hydrogen-bond acceptors (Lipinski definition) is 9. The molecule has 2 aliphatic rings. The van der Waals surface area contributed by atoms with Crippen LogP contribution in [0.15, 0.2) is 24.3 Å². The molecule has 0 bridgehead atoms. The molecule has 35 heavy (non-hydrogen) atoms. The summed E-state index contributed by atoms with van der Waals surface area (Å²) in [5.41, 5.74) is 0.968. The summed E-state index contributed by atoms with van der Waals surface area (Å²) in [6.07, 6.45) is 5.03. The number of carbonyl (C=O) groups excluding carboxylic acids is 1. The fraction of sp³-hybridized carbons (Fsp3) is 0.583. The number of ether oxygens (including phenoxy) is 1. The second-order valence-corrected chi connectivity index (χ2v) is 9.55. The molecule has 2 fully saturated rings. The standard InChI is InChI=1S/C24H37N9O2/c1-18-16-21(29-28-18)25-20-17-22(32-14-12-31(4)13-15-32)27-24(26-20)35-19-7-10-33(11-8-19)23(34)6-5-9-30(2)3/h5-6,16-17,19H,7-15H2,1-4H3,(H2,25,26,27,28,29)/b6-5+. The first-order valence-corrected chi connectivity index (χ1v) is 12.2. The van der Waals surface area contributed by atoms with E-state index in [2.05, 4.69) is 37.3 Å². The highest BCUT2D eigenvalue weighted by Crippen LogP contribution is 2.25. The van der Waals surface area contributed by atoms with Crippen LogP contribution in [0.4, 0.5) is 17.5 Å². The van der Waals surface area contributed by atoms with Gasteiger partial charge in [0.2, 0.25) is 5.91 Å². The highest BCUT2D eigenvalue weighted by atomic mass is 16.5. The number of anilines is 3. The lowest BCUT2D eigenvalue weighted by atomic mass is 10.1. The summed E-state index contributed by atoms with van der Waals surface area (Å²) in [5.74, 6) is 2.25. The van der Waals surface area contributed by atoms with Crippen LogP contribution in [0.3, 0.4) is 0 Å². The van der Waals surface area contributed by atoms with Gasteiger partial charge >= 0.3 is 6.01 Å². The summed E-state index contributed by atoms with van der Waals surface area (Å²) >= 11 is 0. The number of aryl methyl sites for hydroxylation is 1. The molecule has 190 valence electrons. The molecule has 0 saturated carbocycles. The van der Waals surface area contributed by atoms with Crippen LogP contribution in [0.2, 0.25) is 0 Å². The summed E-state index contributed by atoms with van der Waals surface area (Å²) in [4.78, 5) is 30.3. The third kappa shape index (κ3) is 7.15. The largest absolute Gasteiger partial charge is 0.460 e. The van der Waals surface area contributed by atoms with Crippen molar-refractivity contribution >= 4 is 23.4 Å². The lowest BCUT2D eigenvalue weighted by molar-refractivity contribution is -0.127. The third-order valence-corrected chi connectivity index (χ3v) is 6.24. The zero-order valence-electron chi connectivity index (χ0n) is 21.2. The van der Waals surface area contributed by atoms with E-state index in [1.54, 1.807) is 6.08 Å². The van der Waals surface area contributed by atoms with Gasteiger partial charge in [0.25, 0.3) is 0 Å². The van der Waals surface area contributed by atoms with E-state index in [1.807, 2.05) is 49.0 Å². The molecule has 4 heterocycles. The molecule has 4 rings (SSSR count). The lowest BCUT2D eigenvalue weighted by Gasteiger charge is -2.34. The smallest absolute Gasteiger partial charge is 0.320 e. The Hall–Kier alpha value is -3.18. The van der Waals surface area contributed by atoms with Crippen molar-refractivity contribution in [2.24, 2.45) is 0 Å². The monoisotopic (exact) mass is 483 g/mol. The number of hydrogen-bond donors (Lipinski definition) is 2. The number of nitrogens with zero attached hydrogens (tertiary/aromatic N) is 7. The molecule has 0 spiro atoms. The van der Waals surface area contributed by atoms with Gasteiger partial charge in [0.15, 0.2) is 5.82 Å². The van der Waals surface area contributed by atoms with E-state index < -0.39 is 0 Å². The van der Waals surface area contributed by atoms with Crippen molar-refractivity contribution in [3.8, 4) is 6.01 Å². The Kier molecular flexibility index (Phi) is 8.19. The van der Waals surface area contributed by atoms with E-state index in [1.165, 1.54) is 0 Å². The van der Waals surface area contributed by atoms with Crippen molar-refractivity contribution in [2.75, 3.05) is 77.2 Å². The summed E-state index contributed by atoms with van der Waals surface area (Å²) in [7, 11) is 6.10. The Bertz CT molecular complexity index is 1010. The number of piperidine rings is 1. The lowest BCUT2D eigenvalue weighted by Crippen LogP contribution is -2.45. The molecule has 11 nitrogen and oxygen atoms in total. The first-order valence-electron chi connectivity index (χ1n) is 12.2. The van der Waals surface area contributed by atoms with Crippen LogP contribution in [0.25, 0.3) is 0 Å². The Morgan fingerprint density at radius 1 is 1.14 bits per heavy atom. The predicted molar refractivity (Wildman–Crippen MR) is 136 cm³/mol. The zero-order chi connectivity index (χ0) is 24.8. The van der Waals surface area contributed by atoms with Gasteiger partial charge in [0.1, 0.15) is 17.7 Å². The highest BCUT2D eigenvalue weighted by Gasteiger charge is 2.25. The van der Waals surface area contributed by atoms with Gasteiger partial charge in [-0.3, -0.25) is 9.89 Å². The molecule has 0 aliphatic carbocycles. The van der Waals surface area contributed by atoms with Crippen LogP contribution < -0.4 is 15.0 Å². The average Bonchev–Trinajstić information content (AvgIpc) is 3.24. The van der Waals surface area contributed by atoms with Gasteiger partial charge in [0.05, 0.1) is 0 Å². The number of aromatic amines is 1. The Labute approximate surface area is 207 Å². The summed E-state index contributed by atoms with van der Waals surface area (Å²) < 4.78 is 6.24. The van der Waals surface area contributed by atoms with E-state index in [4.69, 9.17) is 9.72 Å². The Morgan fingerprint density at radius 3 is 2.54 bits per heavy atom. The average molecular weight is 484 g/mol. The number of amides is 1. The minimum atomic E-state index is -0.0342. The van der Waals surface area contributed by atoms with Gasteiger partial charge in [0, 0.05) is 82.6 Å². The van der Waals surface area contributed by atoms with Crippen LogP contribution >= 0.6 is 0 Å². The molecule has 1 amide bonds. The van der Waals surface area contributed by atoms with Crippen molar-refractivity contribution in [3.63, 3.8) is 0 Å². The fourth-order valence-corrected chi connectivity index (χ4v) is 4.15. The zero-order valence-corrected chi connectivity index (χ0v) is 21.2. The van der Waals surface area contributed by atoms with Crippen LogP contribution in [0.1, 0.15) is 18.5 Å². The third-order valence-electron chi connectivity index (χ3n) is 6.24. The van der Waals surface area contributed by atoms with Gasteiger partial charge in [-0.2, -0.15) is 15.1 Å². The summed E-state index contributed by atoms with van der Waals surface area (Å²) in [6, 6.07) is 4.23. The molecule has 2 aromatic heterocycles. The molecule has 2 N–H and O–H groups in total. The molecular formula is C24H37N9O2. The molecule has 11 heteroatoms. The number of rotatable bonds is 8. The number of likely N-dealkylation sites (N-methyl/N-ethyl adjacent to an activating group) is 2. The maximum absolute atomic E-state index is 12.4. The normalized spacial score (nSPS) is 18.0. The minimum Gasteiger partial charge on any atom is -0.460 e. The molecule has 0 aromatic carbocycles. The number of carbonyl (C=O) groups is 1. The quantitative estimate of drug-likeness (QED) is 0.540. The second kappa shape index (κ2) is 11.5. The van der Waals surface area contributed by atoms with E-state index >= 15 is 0 Å². The van der Waals surface area contributed by atoms with E-state index in [9.17, 15) is 4.79 Å². The van der Waals surface area contributed by atoms with Crippen molar-refractivity contribution in [1.82, 2.24) is 34.9 Å². The van der Waals surface area contributed by atoms with Crippen molar-refractivity contribution in [2.45, 2.75) is 25.9 Å². The number of nitrogens with one attached hydrogen (secondary N) is 2. The van der Waals surface area contributed by atoms with Gasteiger partial charge in [-0.25, -0.2) is 0 Å². The van der Waals surface area contributed by atoms with Crippen molar-refractivity contribution in [1.29, 1.82) is 0 Å². The van der Waals surface area contributed by atoms with E-state index in [0.29, 0.717) is 30.7 Å². The Balaban J connectivity index is 1.41. The Morgan fingerprint density at radius 2 is 1.89 bits per heavy atom. The maximum Gasteiger partial charge on any atom is 0.320 e. The topological polar surface area (TPSA) is 106 Å². The van der Waals surface area contributed by atoms with Gasteiger partial charge < -0.3 is 29.7 Å². The van der Waals surface area contributed by atoms with E-state index in [0.717, 1.165) is 57.1 Å². The molecule has 2 aliphatic heterocycles. The molecule has 0 radical (unpaired) electrons. The van der Waals surface area contributed by atoms with Crippen molar-refractivity contribution < 1.29 is 9.53 Å². The van der Waals surface area contributed by atoms with Crippen molar-refractivity contribution in [3.05, 3.63) is 30.0 Å². The molecule has 0 atom stereocenters. The van der Waals surface area contributed by atoms with Crippen LogP contribution in [0.5, 0.6) is 6.01 Å². The first kappa shape index (κ1) is 24.9. The number of H-pyrrole nitrogens is 1. The maximum atomic E-state index is 12.4. The number of likely N-dealkylation sites (tertiary alicyclic amines) is 1. The van der Waals surface area contributed by atoms with Crippen LogP contribution in [0, 0.1) is 6.92 Å². The predicted octanol–water partition coefficient (Wildman–Crippen LogP) is 1.49.